The maximum absolute atomic E-state index is 13.4. The van der Waals surface area contributed by atoms with Gasteiger partial charge in [-0.1, -0.05) is 61.9 Å². The molecule has 0 spiro atoms. The fraction of sp³-hybridized carbons (Fsp3) is 0.500. The third-order valence-electron chi connectivity index (χ3n) is 6.97. The maximum atomic E-state index is 13.4. The van der Waals surface area contributed by atoms with Gasteiger partial charge < -0.3 is 25.6 Å². The molecule has 0 saturated carbocycles. The van der Waals surface area contributed by atoms with Gasteiger partial charge in [-0.3, -0.25) is 14.4 Å². The number of ether oxygens (including phenoxy) is 1. The van der Waals surface area contributed by atoms with Gasteiger partial charge in [0.25, 0.3) is 0 Å². The van der Waals surface area contributed by atoms with Crippen molar-refractivity contribution < 1.29 is 19.1 Å². The molecule has 0 unspecified atom stereocenters. The number of carbonyl (C=O) groups is 3. The molecule has 2 aromatic rings. The van der Waals surface area contributed by atoms with Crippen molar-refractivity contribution in [3.05, 3.63) is 65.7 Å². The number of nitrogens with zero attached hydrogens (tertiary/aromatic N) is 1. The number of aryl methyl sites for hydroxylation is 1. The van der Waals surface area contributed by atoms with E-state index in [1.807, 2.05) is 68.4 Å². The topological polar surface area (TPSA) is 99.8 Å². The molecule has 0 saturated heterocycles. The molecule has 1 heterocycles. The Hall–Kier alpha value is -3.39. The summed E-state index contributed by atoms with van der Waals surface area (Å²) in [5, 5.41) is 9.25. The van der Waals surface area contributed by atoms with Crippen molar-refractivity contribution in [2.45, 2.75) is 77.1 Å². The molecule has 206 valence electrons. The lowest BCUT2D eigenvalue weighted by Crippen LogP contribution is -2.56. The lowest BCUT2D eigenvalue weighted by molar-refractivity contribution is -0.141. The second kappa shape index (κ2) is 14.5. The number of benzene rings is 2. The molecular weight excluding hydrogens is 480 g/mol. The van der Waals surface area contributed by atoms with Gasteiger partial charge in [-0.25, -0.2) is 0 Å². The van der Waals surface area contributed by atoms with Gasteiger partial charge in [-0.2, -0.15) is 0 Å². The van der Waals surface area contributed by atoms with Crippen molar-refractivity contribution in [3.63, 3.8) is 0 Å². The second-order valence-corrected chi connectivity index (χ2v) is 10.1. The lowest BCUT2D eigenvalue weighted by atomic mass is 10.0. The molecule has 3 amide bonds. The van der Waals surface area contributed by atoms with E-state index in [0.29, 0.717) is 25.9 Å². The van der Waals surface area contributed by atoms with Crippen molar-refractivity contribution in [1.29, 1.82) is 0 Å². The van der Waals surface area contributed by atoms with Crippen LogP contribution in [0.2, 0.25) is 0 Å². The SMILES string of the molecule is CCC[C@@H]1NC[C@@H](C)Oc2ccccc2CCCNC(=O)[C@@H](Cc2ccccc2)NC(=O)[C@@H](C)N(C)C1=O. The molecule has 2 aromatic carbocycles. The molecule has 0 fully saturated rings. The summed E-state index contributed by atoms with van der Waals surface area (Å²) in [5.41, 5.74) is 2.01. The van der Waals surface area contributed by atoms with Crippen molar-refractivity contribution >= 4 is 17.7 Å². The number of rotatable bonds is 4. The Bertz CT molecular complexity index is 1060. The molecule has 8 nitrogen and oxygen atoms in total. The van der Waals surface area contributed by atoms with Gasteiger partial charge in [-0.15, -0.1) is 0 Å². The largest absolute Gasteiger partial charge is 0.489 e. The standard InChI is InChI=1S/C30H42N4O4/c1-5-12-25-30(37)34(4)22(3)28(35)33-26(19-23-13-7-6-8-14-23)29(36)31-18-11-16-24-15-9-10-17-27(24)38-21(2)20-32-25/h6-10,13-15,17,21-22,25-26,32H,5,11-12,16,18-20H2,1-4H3,(H,31,36)(H,33,35)/t21-,22-,25+,26-/m1/s1. The minimum Gasteiger partial charge on any atom is -0.489 e. The maximum Gasteiger partial charge on any atom is 0.243 e. The zero-order valence-corrected chi connectivity index (χ0v) is 23.0. The van der Waals surface area contributed by atoms with Crippen LogP contribution < -0.4 is 20.7 Å². The van der Waals surface area contributed by atoms with Gasteiger partial charge in [0.15, 0.2) is 0 Å². The Morgan fingerprint density at radius 2 is 1.66 bits per heavy atom. The first-order valence-corrected chi connectivity index (χ1v) is 13.7. The lowest BCUT2D eigenvalue weighted by Gasteiger charge is -2.30. The fourth-order valence-corrected chi connectivity index (χ4v) is 4.57. The van der Waals surface area contributed by atoms with Crippen LogP contribution in [0.1, 0.15) is 51.2 Å². The normalized spacial score (nSPS) is 24.3. The van der Waals surface area contributed by atoms with E-state index in [1.54, 1.807) is 14.0 Å². The molecule has 3 rings (SSSR count). The van der Waals surface area contributed by atoms with Crippen LogP contribution in [-0.4, -0.2) is 67.0 Å². The Morgan fingerprint density at radius 3 is 2.39 bits per heavy atom. The second-order valence-electron chi connectivity index (χ2n) is 10.1. The molecule has 0 aromatic heterocycles. The smallest absolute Gasteiger partial charge is 0.243 e. The Labute approximate surface area is 226 Å². The Balaban J connectivity index is 1.85. The van der Waals surface area contributed by atoms with Gasteiger partial charge in [0.05, 0.1) is 6.04 Å². The van der Waals surface area contributed by atoms with E-state index >= 15 is 0 Å². The highest BCUT2D eigenvalue weighted by Gasteiger charge is 2.31. The van der Waals surface area contributed by atoms with Crippen LogP contribution in [-0.2, 0) is 27.2 Å². The number of para-hydroxylation sites is 1. The van der Waals surface area contributed by atoms with E-state index in [-0.39, 0.29) is 23.8 Å². The molecule has 4 atom stereocenters. The van der Waals surface area contributed by atoms with Crippen LogP contribution in [0.15, 0.2) is 54.6 Å². The first-order chi connectivity index (χ1) is 18.3. The van der Waals surface area contributed by atoms with Crippen LogP contribution in [0.25, 0.3) is 0 Å². The van der Waals surface area contributed by atoms with Crippen LogP contribution in [0.5, 0.6) is 5.75 Å². The number of hydrogen-bond donors (Lipinski definition) is 3. The van der Waals surface area contributed by atoms with E-state index in [1.165, 1.54) is 4.90 Å². The number of fused-ring (bicyclic) bond motifs is 1. The quantitative estimate of drug-likeness (QED) is 0.574. The highest BCUT2D eigenvalue weighted by Crippen LogP contribution is 2.21. The minimum atomic E-state index is -0.754. The van der Waals surface area contributed by atoms with Crippen LogP contribution in [0.3, 0.4) is 0 Å². The average molecular weight is 523 g/mol. The fourth-order valence-electron chi connectivity index (χ4n) is 4.57. The molecule has 8 heteroatoms. The van der Waals surface area contributed by atoms with Crippen molar-refractivity contribution in [1.82, 2.24) is 20.9 Å². The van der Waals surface area contributed by atoms with Crippen LogP contribution in [0.4, 0.5) is 0 Å². The van der Waals surface area contributed by atoms with E-state index < -0.39 is 18.1 Å². The molecule has 0 radical (unpaired) electrons. The Morgan fingerprint density at radius 1 is 0.947 bits per heavy atom. The highest BCUT2D eigenvalue weighted by atomic mass is 16.5. The molecule has 3 N–H and O–H groups in total. The highest BCUT2D eigenvalue weighted by molar-refractivity contribution is 5.92. The number of carbonyl (C=O) groups excluding carboxylic acids is 3. The Kier molecular flexibility index (Phi) is 11.1. The third kappa shape index (κ3) is 8.31. The first-order valence-electron chi connectivity index (χ1n) is 13.7. The van der Waals surface area contributed by atoms with Gasteiger partial charge in [-0.05, 0) is 50.3 Å². The summed E-state index contributed by atoms with van der Waals surface area (Å²) >= 11 is 0. The summed E-state index contributed by atoms with van der Waals surface area (Å²) in [6.45, 7) is 6.66. The predicted octanol–water partition coefficient (Wildman–Crippen LogP) is 2.85. The summed E-state index contributed by atoms with van der Waals surface area (Å²) in [7, 11) is 1.64. The summed E-state index contributed by atoms with van der Waals surface area (Å²) in [5.74, 6) is 0.0481. The van der Waals surface area contributed by atoms with E-state index in [4.69, 9.17) is 4.74 Å². The number of amides is 3. The van der Waals surface area contributed by atoms with Crippen LogP contribution in [0, 0.1) is 0 Å². The third-order valence-corrected chi connectivity index (χ3v) is 6.97. The van der Waals surface area contributed by atoms with E-state index in [2.05, 4.69) is 16.0 Å². The summed E-state index contributed by atoms with van der Waals surface area (Å²) in [4.78, 5) is 41.3. The molecule has 1 aliphatic rings. The average Bonchev–Trinajstić information content (AvgIpc) is 2.92. The van der Waals surface area contributed by atoms with Crippen molar-refractivity contribution in [2.24, 2.45) is 0 Å². The van der Waals surface area contributed by atoms with Gasteiger partial charge in [0, 0.05) is 26.6 Å². The van der Waals surface area contributed by atoms with Crippen molar-refractivity contribution in [3.8, 4) is 5.75 Å². The molecule has 38 heavy (non-hydrogen) atoms. The number of hydrogen-bond acceptors (Lipinski definition) is 5. The van der Waals surface area contributed by atoms with Crippen molar-refractivity contribution in [2.75, 3.05) is 20.1 Å². The summed E-state index contributed by atoms with van der Waals surface area (Å²) in [6, 6.07) is 15.6. The molecule has 0 bridgehead atoms. The monoisotopic (exact) mass is 522 g/mol. The number of nitrogens with one attached hydrogen (secondary N) is 3. The van der Waals surface area contributed by atoms with Gasteiger partial charge in [0.1, 0.15) is 23.9 Å². The molecule has 0 aliphatic carbocycles. The summed E-state index contributed by atoms with van der Waals surface area (Å²) in [6.07, 6.45) is 3.13. The van der Waals surface area contributed by atoms with Gasteiger partial charge >= 0.3 is 0 Å². The zero-order valence-electron chi connectivity index (χ0n) is 23.0. The molecular formula is C30H42N4O4. The van der Waals surface area contributed by atoms with Crippen LogP contribution >= 0.6 is 0 Å². The predicted molar refractivity (Wildman–Crippen MR) is 149 cm³/mol. The first kappa shape index (κ1) is 29.2. The van der Waals surface area contributed by atoms with E-state index in [9.17, 15) is 14.4 Å². The summed E-state index contributed by atoms with van der Waals surface area (Å²) < 4.78 is 6.23. The molecule has 1 aliphatic heterocycles. The number of likely N-dealkylation sites (N-methyl/N-ethyl adjacent to an activating group) is 1. The zero-order chi connectivity index (χ0) is 27.5. The van der Waals surface area contributed by atoms with Gasteiger partial charge in [0.2, 0.25) is 17.7 Å². The minimum absolute atomic E-state index is 0.160. The van der Waals surface area contributed by atoms with E-state index in [0.717, 1.165) is 36.1 Å².